The van der Waals surface area contributed by atoms with Crippen LogP contribution in [0.3, 0.4) is 0 Å². The number of carbonyl (C=O) groups excluding carboxylic acids is 3. The second-order valence-electron chi connectivity index (χ2n) is 8.10. The van der Waals surface area contributed by atoms with Gasteiger partial charge in [-0.3, -0.25) is 24.2 Å². The van der Waals surface area contributed by atoms with Crippen molar-refractivity contribution in [3.63, 3.8) is 0 Å². The van der Waals surface area contributed by atoms with Gasteiger partial charge in [-0.25, -0.2) is 0 Å². The molecule has 3 aromatic rings. The van der Waals surface area contributed by atoms with Gasteiger partial charge in [0.15, 0.2) is 5.82 Å². The highest BCUT2D eigenvalue weighted by atomic mass is 16.5. The molecular weight excluding hydrogens is 438 g/mol. The summed E-state index contributed by atoms with van der Waals surface area (Å²) >= 11 is 0. The van der Waals surface area contributed by atoms with Gasteiger partial charge in [0.25, 0.3) is 11.8 Å². The smallest absolute Gasteiger partial charge is 0.262 e. The summed E-state index contributed by atoms with van der Waals surface area (Å²) < 4.78 is 6.88. The minimum Gasteiger partial charge on any atom is -0.497 e. The maximum Gasteiger partial charge on any atom is 0.262 e. The Bertz CT molecular complexity index is 1200. The molecule has 1 fully saturated rings. The molecule has 3 heterocycles. The van der Waals surface area contributed by atoms with E-state index in [0.29, 0.717) is 49.7 Å². The van der Waals surface area contributed by atoms with E-state index < -0.39 is 11.8 Å². The number of imide groups is 1. The van der Waals surface area contributed by atoms with Gasteiger partial charge in [0.2, 0.25) is 5.91 Å². The standard InChI is InChI=1S/C23H23N7O4/c1-34-17-8-6-16(7-9-17)30-20(24-25-26-30)14-27-10-12-28(13-11-27)21(31)15-29-22(32)18-4-2-3-5-19(18)23(29)33/h2-9H,10-15H2,1H3. The van der Waals surface area contributed by atoms with Crippen LogP contribution < -0.4 is 4.74 Å². The molecule has 174 valence electrons. The van der Waals surface area contributed by atoms with Gasteiger partial charge in [-0.15, -0.1) is 5.10 Å². The Morgan fingerprint density at radius 2 is 1.59 bits per heavy atom. The van der Waals surface area contributed by atoms with Crippen molar-refractivity contribution in [2.75, 3.05) is 39.8 Å². The van der Waals surface area contributed by atoms with Crippen molar-refractivity contribution in [2.24, 2.45) is 0 Å². The summed E-state index contributed by atoms with van der Waals surface area (Å²) in [5.74, 6) is 0.365. The van der Waals surface area contributed by atoms with Crippen LogP contribution in [0.1, 0.15) is 26.5 Å². The highest BCUT2D eigenvalue weighted by Gasteiger charge is 2.37. The van der Waals surface area contributed by atoms with E-state index in [-0.39, 0.29) is 12.5 Å². The summed E-state index contributed by atoms with van der Waals surface area (Å²) in [5, 5.41) is 12.1. The van der Waals surface area contributed by atoms with Gasteiger partial charge in [-0.1, -0.05) is 12.1 Å². The first-order chi connectivity index (χ1) is 16.5. The summed E-state index contributed by atoms with van der Waals surface area (Å²) in [6.07, 6.45) is 0. The fourth-order valence-electron chi connectivity index (χ4n) is 4.20. The highest BCUT2D eigenvalue weighted by Crippen LogP contribution is 2.22. The van der Waals surface area contributed by atoms with Crippen molar-refractivity contribution in [2.45, 2.75) is 6.54 Å². The summed E-state index contributed by atoms with van der Waals surface area (Å²) in [6, 6.07) is 14.1. The van der Waals surface area contributed by atoms with E-state index in [1.165, 1.54) is 0 Å². The largest absolute Gasteiger partial charge is 0.497 e. The minimum atomic E-state index is -0.419. The van der Waals surface area contributed by atoms with Crippen molar-refractivity contribution in [3.05, 3.63) is 65.5 Å². The van der Waals surface area contributed by atoms with Crippen LogP contribution in [-0.4, -0.2) is 92.5 Å². The van der Waals surface area contributed by atoms with E-state index in [1.807, 2.05) is 24.3 Å². The van der Waals surface area contributed by atoms with Crippen molar-refractivity contribution in [3.8, 4) is 11.4 Å². The number of piperazine rings is 1. The molecule has 0 N–H and O–H groups in total. The number of aromatic nitrogens is 4. The lowest BCUT2D eigenvalue weighted by molar-refractivity contribution is -0.133. The molecule has 0 radical (unpaired) electrons. The zero-order chi connectivity index (χ0) is 23.7. The number of benzene rings is 2. The third-order valence-electron chi connectivity index (χ3n) is 6.11. The SMILES string of the molecule is COc1ccc(-n2nnnc2CN2CCN(C(=O)CN3C(=O)c4ccccc4C3=O)CC2)cc1. The predicted octanol–water partition coefficient (Wildman–Crippen LogP) is 0.611. The van der Waals surface area contributed by atoms with Crippen molar-refractivity contribution in [1.82, 2.24) is 34.9 Å². The fourth-order valence-corrected chi connectivity index (χ4v) is 4.20. The quantitative estimate of drug-likeness (QED) is 0.491. The third-order valence-corrected chi connectivity index (χ3v) is 6.11. The van der Waals surface area contributed by atoms with E-state index in [9.17, 15) is 14.4 Å². The van der Waals surface area contributed by atoms with Crippen LogP contribution >= 0.6 is 0 Å². The number of hydrogen-bond acceptors (Lipinski definition) is 8. The normalized spacial score (nSPS) is 16.1. The molecule has 2 aliphatic rings. The van der Waals surface area contributed by atoms with Gasteiger partial charge in [0, 0.05) is 26.2 Å². The molecule has 5 rings (SSSR count). The van der Waals surface area contributed by atoms with Crippen LogP contribution in [0.25, 0.3) is 5.69 Å². The molecule has 0 bridgehead atoms. The van der Waals surface area contributed by atoms with Gasteiger partial charge >= 0.3 is 0 Å². The molecule has 11 heteroatoms. The number of ether oxygens (including phenoxy) is 1. The lowest BCUT2D eigenvalue weighted by Gasteiger charge is -2.34. The number of rotatable bonds is 6. The molecule has 0 aliphatic carbocycles. The molecule has 0 saturated carbocycles. The van der Waals surface area contributed by atoms with Crippen molar-refractivity contribution < 1.29 is 19.1 Å². The highest BCUT2D eigenvalue weighted by molar-refractivity contribution is 6.22. The van der Waals surface area contributed by atoms with E-state index in [0.717, 1.165) is 16.3 Å². The van der Waals surface area contributed by atoms with Crippen molar-refractivity contribution in [1.29, 1.82) is 0 Å². The zero-order valence-electron chi connectivity index (χ0n) is 18.6. The summed E-state index contributed by atoms with van der Waals surface area (Å²) in [4.78, 5) is 42.8. The molecule has 34 heavy (non-hydrogen) atoms. The molecule has 2 aliphatic heterocycles. The predicted molar refractivity (Wildman–Crippen MR) is 119 cm³/mol. The second kappa shape index (κ2) is 9.02. The Morgan fingerprint density at radius 1 is 0.941 bits per heavy atom. The third kappa shape index (κ3) is 4.01. The van der Waals surface area contributed by atoms with Gasteiger partial charge in [-0.05, 0) is 46.8 Å². The van der Waals surface area contributed by atoms with Gasteiger partial charge < -0.3 is 9.64 Å². The Morgan fingerprint density at radius 3 is 2.21 bits per heavy atom. The first-order valence-electron chi connectivity index (χ1n) is 10.9. The number of methoxy groups -OCH3 is 1. The van der Waals surface area contributed by atoms with Gasteiger partial charge in [-0.2, -0.15) is 4.68 Å². The topological polar surface area (TPSA) is 114 Å². The van der Waals surface area contributed by atoms with Crippen LogP contribution in [0.2, 0.25) is 0 Å². The molecule has 1 aromatic heterocycles. The fraction of sp³-hybridized carbons (Fsp3) is 0.304. The van der Waals surface area contributed by atoms with Crippen LogP contribution in [0.5, 0.6) is 5.75 Å². The van der Waals surface area contributed by atoms with Gasteiger partial charge in [0.1, 0.15) is 12.3 Å². The second-order valence-corrected chi connectivity index (χ2v) is 8.10. The lowest BCUT2D eigenvalue weighted by Crippen LogP contribution is -2.51. The zero-order valence-corrected chi connectivity index (χ0v) is 18.6. The molecule has 0 unspecified atom stereocenters. The van der Waals surface area contributed by atoms with Crippen molar-refractivity contribution >= 4 is 17.7 Å². The average molecular weight is 461 g/mol. The first-order valence-corrected chi connectivity index (χ1v) is 10.9. The molecule has 0 spiro atoms. The van der Waals surface area contributed by atoms with Crippen LogP contribution in [0.4, 0.5) is 0 Å². The van der Waals surface area contributed by atoms with Crippen LogP contribution in [0, 0.1) is 0 Å². The number of nitrogens with zero attached hydrogens (tertiary/aromatic N) is 7. The molecule has 1 saturated heterocycles. The van der Waals surface area contributed by atoms with E-state index in [1.54, 1.807) is 41.0 Å². The minimum absolute atomic E-state index is 0.239. The monoisotopic (exact) mass is 461 g/mol. The van der Waals surface area contributed by atoms with E-state index >= 15 is 0 Å². The summed E-state index contributed by atoms with van der Waals surface area (Å²) in [6.45, 7) is 2.52. The first kappa shape index (κ1) is 21.7. The molecule has 3 amide bonds. The van der Waals surface area contributed by atoms with Crippen LogP contribution in [-0.2, 0) is 11.3 Å². The lowest BCUT2D eigenvalue weighted by atomic mass is 10.1. The number of amides is 3. The Kier molecular flexibility index (Phi) is 5.76. The number of fused-ring (bicyclic) bond motifs is 1. The maximum absolute atomic E-state index is 12.8. The Hall–Kier alpha value is -4.12. The van der Waals surface area contributed by atoms with E-state index in [2.05, 4.69) is 20.4 Å². The molecular formula is C23H23N7O4. The Balaban J connectivity index is 1.17. The summed E-state index contributed by atoms with van der Waals surface area (Å²) in [7, 11) is 1.61. The van der Waals surface area contributed by atoms with E-state index in [4.69, 9.17) is 4.74 Å². The number of tetrazole rings is 1. The molecule has 2 aromatic carbocycles. The average Bonchev–Trinajstić information content (AvgIpc) is 3.43. The maximum atomic E-state index is 12.8. The molecule has 11 nitrogen and oxygen atoms in total. The molecule has 0 atom stereocenters. The van der Waals surface area contributed by atoms with Gasteiger partial charge in [0.05, 0.1) is 30.5 Å². The summed E-state index contributed by atoms with van der Waals surface area (Å²) in [5.41, 5.74) is 1.52. The number of hydrogen-bond donors (Lipinski definition) is 0. The van der Waals surface area contributed by atoms with Crippen LogP contribution in [0.15, 0.2) is 48.5 Å². The number of carbonyl (C=O) groups is 3. The Labute approximate surface area is 195 Å².